The molecule has 2 aromatic rings. The Morgan fingerprint density at radius 1 is 1.39 bits per heavy atom. The minimum atomic E-state index is 0.0368. The van der Waals surface area contributed by atoms with Gasteiger partial charge in [0, 0.05) is 4.88 Å². The Morgan fingerprint density at radius 3 is 2.72 bits per heavy atom. The molecule has 0 spiro atoms. The van der Waals surface area contributed by atoms with Crippen molar-refractivity contribution < 1.29 is 0 Å². The summed E-state index contributed by atoms with van der Waals surface area (Å²) in [5.74, 6) is 5.62. The number of thiazole rings is 1. The van der Waals surface area contributed by atoms with Crippen LogP contribution >= 0.6 is 34.5 Å². The summed E-state index contributed by atoms with van der Waals surface area (Å²) in [6.45, 7) is 1.98. The van der Waals surface area contributed by atoms with Crippen LogP contribution in [-0.4, -0.2) is 4.98 Å². The second-order valence-electron chi connectivity index (χ2n) is 3.97. The van der Waals surface area contributed by atoms with E-state index in [1.54, 1.807) is 17.4 Å². The Bertz CT molecular complexity index is 542. The van der Waals surface area contributed by atoms with Crippen LogP contribution in [0.2, 0.25) is 10.0 Å². The number of hydrazine groups is 1. The fourth-order valence-electron chi connectivity index (χ4n) is 1.77. The van der Waals surface area contributed by atoms with Gasteiger partial charge in [0.2, 0.25) is 0 Å². The molecular formula is C12H13Cl2N3S. The van der Waals surface area contributed by atoms with E-state index in [-0.39, 0.29) is 6.04 Å². The van der Waals surface area contributed by atoms with Crippen LogP contribution in [-0.2, 0) is 6.42 Å². The van der Waals surface area contributed by atoms with Crippen molar-refractivity contribution in [1.82, 2.24) is 10.4 Å². The molecule has 0 fully saturated rings. The number of halogens is 2. The van der Waals surface area contributed by atoms with Gasteiger partial charge in [-0.15, -0.1) is 11.3 Å². The van der Waals surface area contributed by atoms with Gasteiger partial charge in [0.1, 0.15) is 0 Å². The second kappa shape index (κ2) is 5.99. The summed E-state index contributed by atoms with van der Waals surface area (Å²) < 4.78 is 0. The topological polar surface area (TPSA) is 50.9 Å². The van der Waals surface area contributed by atoms with Crippen molar-refractivity contribution in [3.05, 3.63) is 49.9 Å². The van der Waals surface area contributed by atoms with E-state index >= 15 is 0 Å². The average Bonchev–Trinajstić information content (AvgIpc) is 2.77. The molecule has 2 rings (SSSR count). The van der Waals surface area contributed by atoms with E-state index < -0.39 is 0 Å². The normalized spacial score (nSPS) is 12.7. The molecule has 0 aliphatic rings. The second-order valence-corrected chi connectivity index (χ2v) is 5.67. The summed E-state index contributed by atoms with van der Waals surface area (Å²) in [6.07, 6.45) is 0.746. The molecule has 0 amide bonds. The SMILES string of the molecule is Cc1ncsc1C(Cc1ccc(Cl)c(Cl)c1)NN. The third kappa shape index (κ3) is 3.02. The van der Waals surface area contributed by atoms with Crippen LogP contribution in [0.1, 0.15) is 22.2 Å². The summed E-state index contributed by atoms with van der Waals surface area (Å²) in [5, 5.41) is 1.12. The van der Waals surface area contributed by atoms with Gasteiger partial charge in [0.25, 0.3) is 0 Å². The van der Waals surface area contributed by atoms with Crippen LogP contribution in [0.5, 0.6) is 0 Å². The highest BCUT2D eigenvalue weighted by atomic mass is 35.5. The maximum absolute atomic E-state index is 6.00. The van der Waals surface area contributed by atoms with Crippen LogP contribution in [0.4, 0.5) is 0 Å². The number of nitrogens with two attached hydrogens (primary N) is 1. The molecular weight excluding hydrogens is 289 g/mol. The van der Waals surface area contributed by atoms with Gasteiger partial charge in [0.15, 0.2) is 0 Å². The van der Waals surface area contributed by atoms with Crippen molar-refractivity contribution in [2.75, 3.05) is 0 Å². The minimum Gasteiger partial charge on any atom is -0.271 e. The molecule has 0 aliphatic carbocycles. The van der Waals surface area contributed by atoms with Crippen LogP contribution < -0.4 is 11.3 Å². The Hall–Kier alpha value is -0.650. The summed E-state index contributed by atoms with van der Waals surface area (Å²) >= 11 is 13.5. The molecule has 1 unspecified atom stereocenters. The summed E-state index contributed by atoms with van der Waals surface area (Å²) in [6, 6.07) is 5.65. The number of hydrogen-bond acceptors (Lipinski definition) is 4. The number of nitrogens with one attached hydrogen (secondary N) is 1. The number of aromatic nitrogens is 1. The molecule has 1 aromatic heterocycles. The van der Waals surface area contributed by atoms with Crippen molar-refractivity contribution in [2.45, 2.75) is 19.4 Å². The van der Waals surface area contributed by atoms with E-state index in [9.17, 15) is 0 Å². The van der Waals surface area contributed by atoms with E-state index in [0.29, 0.717) is 10.0 Å². The van der Waals surface area contributed by atoms with Gasteiger partial charge in [-0.05, 0) is 31.0 Å². The first-order valence-corrected chi connectivity index (χ1v) is 7.05. The Morgan fingerprint density at radius 2 is 2.17 bits per heavy atom. The highest BCUT2D eigenvalue weighted by Crippen LogP contribution is 2.27. The van der Waals surface area contributed by atoms with E-state index in [1.807, 2.05) is 24.6 Å². The summed E-state index contributed by atoms with van der Waals surface area (Å²) in [7, 11) is 0. The molecule has 6 heteroatoms. The highest BCUT2D eigenvalue weighted by molar-refractivity contribution is 7.09. The number of rotatable bonds is 4. The van der Waals surface area contributed by atoms with Crippen LogP contribution in [0.3, 0.4) is 0 Å². The highest BCUT2D eigenvalue weighted by Gasteiger charge is 2.15. The van der Waals surface area contributed by atoms with Crippen LogP contribution in [0.15, 0.2) is 23.7 Å². The first-order chi connectivity index (χ1) is 8.61. The zero-order valence-electron chi connectivity index (χ0n) is 9.78. The van der Waals surface area contributed by atoms with Gasteiger partial charge in [-0.25, -0.2) is 4.98 Å². The quantitative estimate of drug-likeness (QED) is 0.671. The van der Waals surface area contributed by atoms with Gasteiger partial charge in [-0.2, -0.15) is 0 Å². The van der Waals surface area contributed by atoms with E-state index in [0.717, 1.165) is 22.6 Å². The number of aryl methyl sites for hydroxylation is 1. The van der Waals surface area contributed by atoms with E-state index in [4.69, 9.17) is 29.0 Å². The van der Waals surface area contributed by atoms with Gasteiger partial charge < -0.3 is 0 Å². The molecule has 0 aliphatic heterocycles. The third-order valence-electron chi connectivity index (χ3n) is 2.72. The van der Waals surface area contributed by atoms with Gasteiger partial charge in [-0.3, -0.25) is 11.3 Å². The maximum atomic E-state index is 6.00. The molecule has 0 saturated carbocycles. The first-order valence-electron chi connectivity index (χ1n) is 5.42. The number of hydrogen-bond donors (Lipinski definition) is 2. The van der Waals surface area contributed by atoms with Crippen molar-refractivity contribution in [2.24, 2.45) is 5.84 Å². The van der Waals surface area contributed by atoms with Gasteiger partial charge in [-0.1, -0.05) is 29.3 Å². The van der Waals surface area contributed by atoms with Crippen molar-refractivity contribution in [3.8, 4) is 0 Å². The molecule has 1 heterocycles. The Labute approximate surface area is 120 Å². The molecule has 0 radical (unpaired) electrons. The average molecular weight is 302 g/mol. The third-order valence-corrected chi connectivity index (χ3v) is 4.51. The zero-order chi connectivity index (χ0) is 13.1. The monoisotopic (exact) mass is 301 g/mol. The van der Waals surface area contributed by atoms with E-state index in [2.05, 4.69) is 10.4 Å². The standard InChI is InChI=1S/C12H13Cl2N3S/c1-7-12(18-6-16-7)11(17-15)5-8-2-3-9(13)10(14)4-8/h2-4,6,11,17H,5,15H2,1H3. The molecule has 0 bridgehead atoms. The molecule has 3 nitrogen and oxygen atoms in total. The lowest BCUT2D eigenvalue weighted by molar-refractivity contribution is 0.557. The number of benzene rings is 1. The summed E-state index contributed by atoms with van der Waals surface area (Å²) in [5.41, 5.74) is 6.73. The first kappa shape index (κ1) is 13.8. The predicted molar refractivity (Wildman–Crippen MR) is 77.1 cm³/mol. The zero-order valence-corrected chi connectivity index (χ0v) is 12.1. The van der Waals surface area contributed by atoms with Crippen LogP contribution in [0, 0.1) is 6.92 Å². The van der Waals surface area contributed by atoms with Gasteiger partial charge >= 0.3 is 0 Å². The van der Waals surface area contributed by atoms with Crippen molar-refractivity contribution in [1.29, 1.82) is 0 Å². The van der Waals surface area contributed by atoms with Crippen LogP contribution in [0.25, 0.3) is 0 Å². The lowest BCUT2D eigenvalue weighted by atomic mass is 10.0. The molecule has 1 atom stereocenters. The molecule has 0 saturated heterocycles. The van der Waals surface area contributed by atoms with E-state index in [1.165, 1.54) is 0 Å². The molecule has 3 N–H and O–H groups in total. The molecule has 18 heavy (non-hydrogen) atoms. The molecule has 96 valence electrons. The van der Waals surface area contributed by atoms with Crippen molar-refractivity contribution in [3.63, 3.8) is 0 Å². The number of nitrogens with zero attached hydrogens (tertiary/aromatic N) is 1. The lowest BCUT2D eigenvalue weighted by Gasteiger charge is -2.15. The van der Waals surface area contributed by atoms with Gasteiger partial charge in [0.05, 0.1) is 27.3 Å². The maximum Gasteiger partial charge on any atom is 0.0798 e. The lowest BCUT2D eigenvalue weighted by Crippen LogP contribution is -2.29. The Kier molecular flexibility index (Phi) is 4.59. The van der Waals surface area contributed by atoms with Crippen molar-refractivity contribution >= 4 is 34.5 Å². The smallest absolute Gasteiger partial charge is 0.0798 e. The Balaban J connectivity index is 2.20. The predicted octanol–water partition coefficient (Wildman–Crippen LogP) is 3.51. The minimum absolute atomic E-state index is 0.0368. The fourth-order valence-corrected chi connectivity index (χ4v) is 2.96. The summed E-state index contributed by atoms with van der Waals surface area (Å²) in [4.78, 5) is 5.38. The molecule has 1 aromatic carbocycles. The largest absolute Gasteiger partial charge is 0.271 e. The fraction of sp³-hybridized carbons (Fsp3) is 0.250.